The van der Waals surface area contributed by atoms with Gasteiger partial charge in [0.25, 0.3) is 0 Å². The van der Waals surface area contributed by atoms with Crippen LogP contribution < -0.4 is 0 Å². The minimum absolute atomic E-state index is 0.103. The van der Waals surface area contributed by atoms with E-state index >= 15 is 0 Å². The van der Waals surface area contributed by atoms with Crippen molar-refractivity contribution in [3.8, 4) is 0 Å². The number of aliphatic hydroxyl groups excluding tert-OH is 4. The lowest BCUT2D eigenvalue weighted by atomic mass is 9.96. The molecule has 0 aromatic carbocycles. The Morgan fingerprint density at radius 2 is 1.80 bits per heavy atom. The molecule has 3 aliphatic rings. The van der Waals surface area contributed by atoms with Crippen LogP contribution in [-0.4, -0.2) is 118 Å². The van der Waals surface area contributed by atoms with Crippen molar-refractivity contribution < 1.29 is 66.4 Å². The minimum Gasteiger partial charge on any atom is -0.479 e. The molecule has 0 aromatic heterocycles. The van der Waals surface area contributed by atoms with E-state index in [1.165, 1.54) is 6.92 Å². The Kier molecular flexibility index (Phi) is 6.63. The first-order valence-corrected chi connectivity index (χ1v) is 10.0. The van der Waals surface area contributed by atoms with Gasteiger partial charge in [-0.25, -0.2) is 14.0 Å². The molecule has 3 heterocycles. The molecule has 0 amide bonds. The summed E-state index contributed by atoms with van der Waals surface area (Å²) in [4.78, 5) is 15.3. The Morgan fingerprint density at radius 3 is 2.37 bits per heavy atom. The number of rotatable bonds is 6. The number of aliphatic hydroxyl groups is 4. The number of aliphatic carboxylic acids is 1. The predicted octanol–water partition coefficient (Wildman–Crippen LogP) is -4.01. The number of ether oxygens (including phenoxy) is 4. The van der Waals surface area contributed by atoms with Crippen LogP contribution in [0.5, 0.6) is 0 Å². The van der Waals surface area contributed by atoms with E-state index in [1.54, 1.807) is 0 Å². The number of carboxylic acid groups (broad SMARTS) is 1. The highest BCUT2D eigenvalue weighted by molar-refractivity contribution is 7.80. The summed E-state index contributed by atoms with van der Waals surface area (Å²) in [5.41, 5.74) is 0. The molecule has 15 nitrogen and oxygen atoms in total. The maximum atomic E-state index is 11.3. The summed E-state index contributed by atoms with van der Waals surface area (Å²) < 4.78 is 57.5. The maximum absolute atomic E-state index is 11.3. The number of fused-ring (bicyclic) bond motifs is 1. The summed E-state index contributed by atoms with van der Waals surface area (Å²) in [6.45, 7) is 0.636. The van der Waals surface area contributed by atoms with E-state index in [-0.39, 0.29) is 5.90 Å². The molecule has 3 aliphatic heterocycles. The lowest BCUT2D eigenvalue weighted by Crippen LogP contribution is -2.64. The van der Waals surface area contributed by atoms with Crippen molar-refractivity contribution in [3.63, 3.8) is 0 Å². The Hall–Kier alpha value is -1.47. The van der Waals surface area contributed by atoms with Crippen LogP contribution in [0, 0.1) is 0 Å². The van der Waals surface area contributed by atoms with E-state index < -0.39 is 84.3 Å². The lowest BCUT2D eigenvalue weighted by molar-refractivity contribution is -0.329. The number of nitrogens with zero attached hydrogens (tertiary/aromatic N) is 1. The minimum atomic E-state index is -5.09. The second-order valence-corrected chi connectivity index (χ2v) is 7.85. The first kappa shape index (κ1) is 23.2. The van der Waals surface area contributed by atoms with E-state index in [0.29, 0.717) is 0 Å². The third-order valence-corrected chi connectivity index (χ3v) is 5.21. The average molecular weight is 459 g/mol. The summed E-state index contributed by atoms with van der Waals surface area (Å²) in [6.07, 6.45) is -15.6. The highest BCUT2D eigenvalue weighted by Gasteiger charge is 2.55. The molecule has 172 valence electrons. The maximum Gasteiger partial charge on any atom is 0.397 e. The van der Waals surface area contributed by atoms with Gasteiger partial charge in [0.1, 0.15) is 42.7 Å². The Morgan fingerprint density at radius 1 is 1.13 bits per heavy atom. The van der Waals surface area contributed by atoms with E-state index in [2.05, 4.69) is 9.18 Å². The van der Waals surface area contributed by atoms with Crippen molar-refractivity contribution in [3.05, 3.63) is 0 Å². The second-order valence-electron chi connectivity index (χ2n) is 6.81. The van der Waals surface area contributed by atoms with Crippen LogP contribution in [-0.2, 0) is 38.3 Å². The monoisotopic (exact) mass is 459 g/mol. The van der Waals surface area contributed by atoms with Crippen molar-refractivity contribution in [2.75, 3.05) is 6.61 Å². The van der Waals surface area contributed by atoms with Crippen molar-refractivity contribution in [2.45, 2.75) is 68.3 Å². The first-order valence-electron chi connectivity index (χ1n) is 8.64. The van der Waals surface area contributed by atoms with Gasteiger partial charge in [0.2, 0.25) is 6.29 Å². The fourth-order valence-electron chi connectivity index (χ4n) is 3.41. The Balaban J connectivity index is 1.92. The van der Waals surface area contributed by atoms with Crippen LogP contribution in [0.4, 0.5) is 0 Å². The molecule has 0 aliphatic carbocycles. The molecule has 0 aromatic rings. The zero-order chi connectivity index (χ0) is 22.4. The van der Waals surface area contributed by atoms with Crippen LogP contribution in [0.25, 0.3) is 0 Å². The van der Waals surface area contributed by atoms with Crippen LogP contribution in [0.1, 0.15) is 6.92 Å². The molecule has 10 atom stereocenters. The van der Waals surface area contributed by atoms with Gasteiger partial charge in [-0.3, -0.25) is 4.55 Å². The lowest BCUT2D eigenvalue weighted by Gasteiger charge is -2.44. The van der Waals surface area contributed by atoms with Gasteiger partial charge < -0.3 is 44.5 Å². The summed E-state index contributed by atoms with van der Waals surface area (Å²) in [5, 5.41) is 48.6. The molecule has 6 N–H and O–H groups in total. The van der Waals surface area contributed by atoms with Crippen LogP contribution >= 0.6 is 0 Å². The summed E-state index contributed by atoms with van der Waals surface area (Å²) in [6, 6.07) is -1.14. The Labute approximate surface area is 169 Å². The van der Waals surface area contributed by atoms with Crippen LogP contribution in [0.2, 0.25) is 0 Å². The van der Waals surface area contributed by atoms with E-state index in [0.717, 1.165) is 0 Å². The molecule has 0 saturated carbocycles. The van der Waals surface area contributed by atoms with Gasteiger partial charge in [-0.05, 0) is 0 Å². The summed E-state index contributed by atoms with van der Waals surface area (Å²) in [5.74, 6) is -1.56. The molecule has 2 saturated heterocycles. The molecule has 0 spiro atoms. The van der Waals surface area contributed by atoms with Gasteiger partial charge in [-0.15, -0.1) is 0 Å². The molecule has 30 heavy (non-hydrogen) atoms. The van der Waals surface area contributed by atoms with E-state index in [1.807, 2.05) is 0 Å². The number of hydrogen-bond acceptors (Lipinski definition) is 13. The number of aliphatic imine (C=N–C) groups is 1. The highest BCUT2D eigenvalue weighted by Crippen LogP contribution is 2.35. The van der Waals surface area contributed by atoms with Crippen molar-refractivity contribution in [1.82, 2.24) is 0 Å². The molecule has 0 radical (unpaired) electrons. The zero-order valence-electron chi connectivity index (χ0n) is 15.3. The molecule has 2 fully saturated rings. The molecular weight excluding hydrogens is 438 g/mol. The van der Waals surface area contributed by atoms with Gasteiger partial charge in [-0.1, -0.05) is 0 Å². The van der Waals surface area contributed by atoms with Gasteiger partial charge in [0.05, 0.1) is 6.61 Å². The topological polar surface area (TPSA) is 231 Å². The first-order chi connectivity index (χ1) is 13.9. The highest BCUT2D eigenvalue weighted by atomic mass is 32.3. The third-order valence-electron chi connectivity index (χ3n) is 4.75. The average Bonchev–Trinajstić information content (AvgIpc) is 3.01. The van der Waals surface area contributed by atoms with Gasteiger partial charge in [-0.2, -0.15) is 8.42 Å². The second kappa shape index (κ2) is 8.58. The van der Waals surface area contributed by atoms with Gasteiger partial charge >= 0.3 is 16.4 Å². The number of hydrogen-bond donors (Lipinski definition) is 6. The largest absolute Gasteiger partial charge is 0.479 e. The predicted molar refractivity (Wildman–Crippen MR) is 89.3 cm³/mol. The Bertz CT molecular complexity index is 788. The molecular formula is C14H21NO14S. The quantitative estimate of drug-likeness (QED) is 0.208. The molecule has 2 unspecified atom stereocenters. The van der Waals surface area contributed by atoms with Crippen molar-refractivity contribution >= 4 is 22.3 Å². The van der Waals surface area contributed by atoms with Crippen LogP contribution in [0.15, 0.2) is 4.99 Å². The van der Waals surface area contributed by atoms with E-state index in [4.69, 9.17) is 28.6 Å². The molecule has 16 heteroatoms. The van der Waals surface area contributed by atoms with Gasteiger partial charge in [0.15, 0.2) is 18.3 Å². The molecule has 0 bridgehead atoms. The number of carboxylic acids is 1. The fraction of sp³-hybridized carbons (Fsp3) is 0.857. The zero-order valence-corrected chi connectivity index (χ0v) is 16.1. The third kappa shape index (κ3) is 4.57. The van der Waals surface area contributed by atoms with Crippen LogP contribution in [0.3, 0.4) is 0 Å². The SMILES string of the molecule is CC1=NC2C(O1)O[C@H](CO)[C@@H](OS(=O)(=O)O)[C@@H]2O[C@@H]1O[C@H](C(=O)O)[C@@H](O)[C@H](O)[C@H]1O. The summed E-state index contributed by atoms with van der Waals surface area (Å²) in [7, 11) is -5.09. The van der Waals surface area contributed by atoms with Gasteiger partial charge in [0, 0.05) is 6.92 Å². The summed E-state index contributed by atoms with van der Waals surface area (Å²) >= 11 is 0. The van der Waals surface area contributed by atoms with Crippen molar-refractivity contribution in [1.29, 1.82) is 0 Å². The fourth-order valence-corrected chi connectivity index (χ4v) is 3.93. The number of carbonyl (C=O) groups is 1. The molecule has 3 rings (SSSR count). The van der Waals surface area contributed by atoms with E-state index in [9.17, 15) is 33.6 Å². The van der Waals surface area contributed by atoms with Crippen molar-refractivity contribution in [2.24, 2.45) is 4.99 Å². The smallest absolute Gasteiger partial charge is 0.397 e. The normalized spacial score (nSPS) is 44.1. The standard InChI is InChI=1S/C14H21NO14S/c1-3-15-5-10(9(29-30(22,23)24)4(2-16)26-13(5)25-3)27-14-8(19)6(17)7(18)11(28-14)12(20)21/h4-11,13-14,16-19H,2H2,1H3,(H,20,21)(H,22,23,24)/t4-,5?,6+,7+,8-,9-,10-,11+,13?,14-/m1/s1.